The molecule has 0 unspecified atom stereocenters. The summed E-state index contributed by atoms with van der Waals surface area (Å²) in [7, 11) is 0. The summed E-state index contributed by atoms with van der Waals surface area (Å²) in [4.78, 5) is 23.4. The van der Waals surface area contributed by atoms with Crippen molar-refractivity contribution in [2.45, 2.75) is 20.8 Å². The number of rotatable bonds is 5. The fourth-order valence-corrected chi connectivity index (χ4v) is 1.12. The summed E-state index contributed by atoms with van der Waals surface area (Å²) in [6.07, 6.45) is 0.411. The van der Waals surface area contributed by atoms with E-state index in [9.17, 15) is 9.59 Å². The first kappa shape index (κ1) is 15.0. The lowest BCUT2D eigenvalue weighted by Gasteiger charge is -2.23. The summed E-state index contributed by atoms with van der Waals surface area (Å²) in [5.74, 6) is -1.86. The number of esters is 2. The van der Waals surface area contributed by atoms with Crippen LogP contribution in [0.2, 0.25) is 0 Å². The van der Waals surface area contributed by atoms with Gasteiger partial charge in [0.1, 0.15) is 0 Å². The number of nitriles is 1. The zero-order chi connectivity index (χ0) is 13.5. The van der Waals surface area contributed by atoms with Crippen LogP contribution in [0.15, 0.2) is 11.8 Å². The minimum atomic E-state index is -1.93. The van der Waals surface area contributed by atoms with Crippen LogP contribution in [0.4, 0.5) is 0 Å². The highest BCUT2D eigenvalue weighted by atomic mass is 16.6. The molecule has 0 aromatic rings. The van der Waals surface area contributed by atoms with Gasteiger partial charge in [-0.3, -0.25) is 9.59 Å². The predicted octanol–water partition coefficient (Wildman–Crippen LogP) is 1.08. The van der Waals surface area contributed by atoms with Gasteiger partial charge in [0.25, 0.3) is 0 Å². The molecule has 0 aliphatic heterocycles. The molecule has 0 bridgehead atoms. The maximum atomic E-state index is 11.7. The molecule has 0 aromatic carbocycles. The van der Waals surface area contributed by atoms with Crippen molar-refractivity contribution in [2.24, 2.45) is 5.41 Å². The van der Waals surface area contributed by atoms with E-state index in [0.717, 1.165) is 0 Å². The molecule has 0 saturated heterocycles. The third kappa shape index (κ3) is 2.97. The zero-order valence-electron chi connectivity index (χ0n) is 10.0. The first-order valence-electron chi connectivity index (χ1n) is 5.08. The van der Waals surface area contributed by atoms with Crippen molar-refractivity contribution in [3.8, 4) is 6.07 Å². The van der Waals surface area contributed by atoms with E-state index < -0.39 is 22.9 Å². The number of hydrogen-bond acceptors (Lipinski definition) is 6. The van der Waals surface area contributed by atoms with E-state index in [2.05, 4.69) is 0 Å². The number of carbonyl (C=O) groups excluding carboxylic acids is 2. The standard InChI is InChI=1S/C11H15NO5/c1-4-16-9(14)11(3,8(6-12)7-13)10(15)17-5-2/h7,13H,4-5H2,1-3H3/b8-7+. The molecule has 6 nitrogen and oxygen atoms in total. The highest BCUT2D eigenvalue weighted by molar-refractivity contribution is 6.03. The second-order valence-electron chi connectivity index (χ2n) is 3.22. The number of nitrogens with zero attached hydrogens (tertiary/aromatic N) is 1. The van der Waals surface area contributed by atoms with Crippen LogP contribution < -0.4 is 0 Å². The van der Waals surface area contributed by atoms with Gasteiger partial charge in [-0.2, -0.15) is 5.26 Å². The molecule has 6 heteroatoms. The quantitative estimate of drug-likeness (QED) is 0.335. The van der Waals surface area contributed by atoms with Gasteiger partial charge in [-0.1, -0.05) is 0 Å². The lowest BCUT2D eigenvalue weighted by molar-refractivity contribution is -0.167. The van der Waals surface area contributed by atoms with Crippen molar-refractivity contribution in [3.63, 3.8) is 0 Å². The average molecular weight is 241 g/mol. The van der Waals surface area contributed by atoms with Crippen LogP contribution in [-0.2, 0) is 19.1 Å². The fraction of sp³-hybridized carbons (Fsp3) is 0.545. The Morgan fingerprint density at radius 2 is 1.71 bits per heavy atom. The van der Waals surface area contributed by atoms with Gasteiger partial charge in [0.05, 0.1) is 31.1 Å². The molecule has 0 spiro atoms. The Morgan fingerprint density at radius 1 is 1.29 bits per heavy atom. The lowest BCUT2D eigenvalue weighted by Crippen LogP contribution is -2.41. The van der Waals surface area contributed by atoms with Crippen LogP contribution >= 0.6 is 0 Å². The SMILES string of the molecule is CCOC(=O)C(C)(C(=O)OCC)/C(C#N)=C/O. The van der Waals surface area contributed by atoms with Crippen molar-refractivity contribution >= 4 is 11.9 Å². The van der Waals surface area contributed by atoms with E-state index in [1.807, 2.05) is 0 Å². The Hall–Kier alpha value is -2.03. The largest absolute Gasteiger partial charge is 0.515 e. The second kappa shape index (κ2) is 6.53. The summed E-state index contributed by atoms with van der Waals surface area (Å²) >= 11 is 0. The van der Waals surface area contributed by atoms with Crippen molar-refractivity contribution in [3.05, 3.63) is 11.8 Å². The third-order valence-electron chi connectivity index (χ3n) is 2.16. The first-order chi connectivity index (χ1) is 7.98. The predicted molar refractivity (Wildman–Crippen MR) is 57.7 cm³/mol. The van der Waals surface area contributed by atoms with Crippen molar-refractivity contribution in [2.75, 3.05) is 13.2 Å². The molecular weight excluding hydrogens is 226 g/mol. The van der Waals surface area contributed by atoms with Crippen LogP contribution in [0.1, 0.15) is 20.8 Å². The zero-order valence-corrected chi connectivity index (χ0v) is 10.0. The third-order valence-corrected chi connectivity index (χ3v) is 2.16. The van der Waals surface area contributed by atoms with Gasteiger partial charge in [-0.15, -0.1) is 0 Å². The lowest BCUT2D eigenvalue weighted by atomic mass is 9.83. The van der Waals surface area contributed by atoms with Gasteiger partial charge in [-0.05, 0) is 20.8 Å². The number of aliphatic hydroxyl groups excluding tert-OH is 1. The summed E-state index contributed by atoms with van der Waals surface area (Å²) in [5.41, 5.74) is -2.36. The molecule has 94 valence electrons. The van der Waals surface area contributed by atoms with Crippen LogP contribution in [-0.4, -0.2) is 30.3 Å². The van der Waals surface area contributed by atoms with E-state index in [-0.39, 0.29) is 13.2 Å². The summed E-state index contributed by atoms with van der Waals surface area (Å²) in [5, 5.41) is 17.7. The Labute approximate surface area is 99.4 Å². The monoisotopic (exact) mass is 241 g/mol. The maximum absolute atomic E-state index is 11.7. The smallest absolute Gasteiger partial charge is 0.328 e. The molecule has 0 atom stereocenters. The topological polar surface area (TPSA) is 96.6 Å². The van der Waals surface area contributed by atoms with E-state index in [1.165, 1.54) is 6.92 Å². The van der Waals surface area contributed by atoms with E-state index in [1.54, 1.807) is 19.9 Å². The Morgan fingerprint density at radius 3 is 1.94 bits per heavy atom. The molecule has 0 radical (unpaired) electrons. The molecule has 17 heavy (non-hydrogen) atoms. The van der Waals surface area contributed by atoms with Crippen LogP contribution in [0.3, 0.4) is 0 Å². The number of ether oxygens (including phenoxy) is 2. The van der Waals surface area contributed by atoms with Crippen molar-refractivity contribution in [1.29, 1.82) is 5.26 Å². The minimum Gasteiger partial charge on any atom is -0.515 e. The minimum absolute atomic E-state index is 0.0535. The number of carbonyl (C=O) groups is 2. The fourth-order valence-electron chi connectivity index (χ4n) is 1.12. The Kier molecular flexibility index (Phi) is 5.75. The molecule has 1 N–H and O–H groups in total. The van der Waals surface area contributed by atoms with Gasteiger partial charge in [0, 0.05) is 0 Å². The highest BCUT2D eigenvalue weighted by Crippen LogP contribution is 2.30. The second-order valence-corrected chi connectivity index (χ2v) is 3.22. The number of aliphatic hydroxyl groups is 1. The Bertz CT molecular complexity index is 349. The van der Waals surface area contributed by atoms with Gasteiger partial charge >= 0.3 is 11.9 Å². The number of hydrogen-bond donors (Lipinski definition) is 1. The van der Waals surface area contributed by atoms with E-state index in [0.29, 0.717) is 6.26 Å². The van der Waals surface area contributed by atoms with Crippen LogP contribution in [0, 0.1) is 16.7 Å². The molecule has 0 heterocycles. The van der Waals surface area contributed by atoms with Crippen LogP contribution in [0.25, 0.3) is 0 Å². The van der Waals surface area contributed by atoms with Gasteiger partial charge in [0.15, 0.2) is 5.41 Å². The summed E-state index contributed by atoms with van der Waals surface area (Å²) in [6.45, 7) is 4.42. The van der Waals surface area contributed by atoms with E-state index in [4.69, 9.17) is 19.8 Å². The molecule has 0 aromatic heterocycles. The first-order valence-corrected chi connectivity index (χ1v) is 5.08. The van der Waals surface area contributed by atoms with E-state index >= 15 is 0 Å². The van der Waals surface area contributed by atoms with Gasteiger partial charge in [0.2, 0.25) is 0 Å². The highest BCUT2D eigenvalue weighted by Gasteiger charge is 2.48. The van der Waals surface area contributed by atoms with Crippen molar-refractivity contribution in [1.82, 2.24) is 0 Å². The summed E-state index contributed by atoms with van der Waals surface area (Å²) in [6, 6.07) is 1.58. The van der Waals surface area contributed by atoms with Crippen LogP contribution in [0.5, 0.6) is 0 Å². The Balaban J connectivity index is 5.44. The molecule has 0 aliphatic rings. The molecular formula is C11H15NO5. The molecule has 0 rings (SSSR count). The van der Waals surface area contributed by atoms with Crippen molar-refractivity contribution < 1.29 is 24.2 Å². The summed E-state index contributed by atoms with van der Waals surface area (Å²) < 4.78 is 9.43. The molecule has 0 aliphatic carbocycles. The average Bonchev–Trinajstić information content (AvgIpc) is 2.30. The normalized spacial score (nSPS) is 11.5. The van der Waals surface area contributed by atoms with Gasteiger partial charge < -0.3 is 14.6 Å². The van der Waals surface area contributed by atoms with Gasteiger partial charge in [-0.25, -0.2) is 0 Å². The maximum Gasteiger partial charge on any atom is 0.328 e. The molecule has 0 amide bonds. The molecule has 0 saturated carbocycles. The molecule has 0 fully saturated rings.